The van der Waals surface area contributed by atoms with Gasteiger partial charge in [0.25, 0.3) is 0 Å². The van der Waals surface area contributed by atoms with E-state index in [1.165, 1.54) is 0 Å². The summed E-state index contributed by atoms with van der Waals surface area (Å²) in [5, 5.41) is 0. The zero-order chi connectivity index (χ0) is 2.00. The van der Waals surface area contributed by atoms with Crippen LogP contribution in [0.3, 0.4) is 0 Å². The van der Waals surface area contributed by atoms with Gasteiger partial charge in [-0.25, -0.2) is 0 Å². The van der Waals surface area contributed by atoms with Crippen LogP contribution < -0.4 is 67.9 Å². The Kier molecular flexibility index (Phi) is 768. The van der Waals surface area contributed by atoms with E-state index < -0.39 is 0 Å². The van der Waals surface area contributed by atoms with Gasteiger partial charge in [-0.15, -0.1) is 12.8 Å². The summed E-state index contributed by atoms with van der Waals surface area (Å²) < 4.78 is 0. The third-order valence-corrected chi connectivity index (χ3v) is 0. The van der Waals surface area contributed by atoms with Crippen LogP contribution in [0.15, 0.2) is 0 Å². The first-order valence-electron chi connectivity index (χ1n) is 0.333. The molecule has 0 bridgehead atoms. The van der Waals surface area contributed by atoms with Crippen LogP contribution in [0.4, 0.5) is 0 Å². The van der Waals surface area contributed by atoms with E-state index in [0.29, 0.717) is 0 Å². The Morgan fingerprint density at radius 3 is 0.500 bits per heavy atom. The summed E-state index contributed by atoms with van der Waals surface area (Å²) in [5.74, 6) is 0. The first-order chi connectivity index (χ1) is 1.00. The van der Waals surface area contributed by atoms with Crippen LogP contribution in [0, 0.1) is 12.8 Å². The molecule has 6 heteroatoms. The molecule has 0 heterocycles. The van der Waals surface area contributed by atoms with Gasteiger partial charge in [0.2, 0.25) is 0 Å². The molecular formula is C2H2Br4Mg2. The largest absolute Gasteiger partial charge is 2.00 e. The van der Waals surface area contributed by atoms with Crippen LogP contribution in [0.5, 0.6) is 0 Å². The number of terminal acetylenes is 1. The molecule has 42 valence electrons. The van der Waals surface area contributed by atoms with E-state index in [-0.39, 0.29) is 114 Å². The van der Waals surface area contributed by atoms with Crippen LogP contribution >= 0.6 is 0 Å². The van der Waals surface area contributed by atoms with Gasteiger partial charge >= 0.3 is 46.1 Å². The minimum Gasteiger partial charge on any atom is -1.00 e. The molecule has 0 N–H and O–H groups in total. The molecule has 0 saturated carbocycles. The minimum atomic E-state index is 0. The van der Waals surface area contributed by atoms with Gasteiger partial charge < -0.3 is 67.9 Å². The van der Waals surface area contributed by atoms with Crippen LogP contribution in [-0.2, 0) is 0 Å². The van der Waals surface area contributed by atoms with Crippen molar-refractivity contribution < 1.29 is 67.9 Å². The number of hydrogen-bond acceptors (Lipinski definition) is 0. The molecule has 0 nitrogen and oxygen atoms in total. The van der Waals surface area contributed by atoms with E-state index in [4.69, 9.17) is 0 Å². The van der Waals surface area contributed by atoms with Crippen molar-refractivity contribution in [3.8, 4) is 12.8 Å². The zero-order valence-electron chi connectivity index (χ0n) is 4.08. The summed E-state index contributed by atoms with van der Waals surface area (Å²) in [6, 6.07) is 0. The molecule has 0 atom stereocenters. The number of hydrogen-bond donors (Lipinski definition) is 0. The average Bonchev–Trinajstić information content (AvgIpc) is 1.00. The molecule has 0 aliphatic carbocycles. The van der Waals surface area contributed by atoms with Crippen molar-refractivity contribution in [2.75, 3.05) is 0 Å². The van der Waals surface area contributed by atoms with Gasteiger partial charge in [-0.1, -0.05) is 0 Å². The molecule has 0 amide bonds. The van der Waals surface area contributed by atoms with Gasteiger partial charge in [0.05, 0.1) is 0 Å². The Labute approximate surface area is 125 Å². The van der Waals surface area contributed by atoms with E-state index in [1.54, 1.807) is 0 Å². The fourth-order valence-electron chi connectivity index (χ4n) is 0. The molecule has 0 aromatic carbocycles. The number of halogens is 4. The van der Waals surface area contributed by atoms with Gasteiger partial charge in [0, 0.05) is 0 Å². The van der Waals surface area contributed by atoms with Gasteiger partial charge in [-0.2, -0.15) is 0 Å². The van der Waals surface area contributed by atoms with Crippen LogP contribution in [0.2, 0.25) is 0 Å². The molecule has 0 spiro atoms. The molecular weight excluding hydrogens is 392 g/mol. The Morgan fingerprint density at radius 2 is 0.500 bits per heavy atom. The molecule has 0 saturated heterocycles. The maximum Gasteiger partial charge on any atom is 2.00 e. The van der Waals surface area contributed by atoms with Crippen molar-refractivity contribution in [1.82, 2.24) is 0 Å². The third-order valence-electron chi connectivity index (χ3n) is 0. The predicted octanol–water partition coefficient (Wildman–Crippen LogP) is -12.5. The smallest absolute Gasteiger partial charge is 1.00 e. The molecule has 0 aromatic heterocycles. The fourth-order valence-corrected chi connectivity index (χ4v) is 0. The minimum absolute atomic E-state index is 0. The second kappa shape index (κ2) is 89.6. The standard InChI is InChI=1S/C2H2.4BrH.2Mg/c1-2;;;;;;/h1-2H;4*1H;;/q;;;;;2*+2/p-4. The summed E-state index contributed by atoms with van der Waals surface area (Å²) in [4.78, 5) is 0. The van der Waals surface area contributed by atoms with Gasteiger partial charge in [-0.3, -0.25) is 0 Å². The molecule has 0 rings (SSSR count). The summed E-state index contributed by atoms with van der Waals surface area (Å²) in [6.45, 7) is 0. The molecule has 0 aromatic rings. The SMILES string of the molecule is C#C.[Br-].[Br-].[Br-].[Br-].[Mg+2].[Mg+2]. The van der Waals surface area contributed by atoms with E-state index in [0.717, 1.165) is 0 Å². The van der Waals surface area contributed by atoms with E-state index in [2.05, 4.69) is 12.8 Å². The predicted molar refractivity (Wildman–Crippen MR) is 21.4 cm³/mol. The first kappa shape index (κ1) is 68.6. The molecule has 8 heavy (non-hydrogen) atoms. The van der Waals surface area contributed by atoms with E-state index in [1.807, 2.05) is 0 Å². The Bertz CT molecular complexity index is 16.8. The first-order valence-corrected chi connectivity index (χ1v) is 0.333. The van der Waals surface area contributed by atoms with Crippen molar-refractivity contribution in [3.63, 3.8) is 0 Å². The van der Waals surface area contributed by atoms with E-state index >= 15 is 0 Å². The maximum absolute atomic E-state index is 4.00. The summed E-state index contributed by atoms with van der Waals surface area (Å²) in [6.07, 6.45) is 8.00. The van der Waals surface area contributed by atoms with Crippen molar-refractivity contribution >= 4 is 46.1 Å². The molecule has 0 aliphatic rings. The molecule has 0 radical (unpaired) electrons. The van der Waals surface area contributed by atoms with E-state index in [9.17, 15) is 0 Å². The Morgan fingerprint density at radius 1 is 0.500 bits per heavy atom. The van der Waals surface area contributed by atoms with Crippen molar-refractivity contribution in [2.24, 2.45) is 0 Å². The number of rotatable bonds is 0. The quantitative estimate of drug-likeness (QED) is 0.283. The van der Waals surface area contributed by atoms with Gasteiger partial charge in [-0.05, 0) is 0 Å². The third kappa shape index (κ3) is 63.8. The normalized spacial score (nSPS) is 0.250. The summed E-state index contributed by atoms with van der Waals surface area (Å²) >= 11 is 0. The second-order valence-corrected chi connectivity index (χ2v) is 0. The Hall–Kier alpha value is 3.01. The fraction of sp³-hybridized carbons (Fsp3) is 0. The zero-order valence-corrected chi connectivity index (χ0v) is 13.3. The maximum atomic E-state index is 4.00. The van der Waals surface area contributed by atoms with Crippen LogP contribution in [-0.4, -0.2) is 46.1 Å². The van der Waals surface area contributed by atoms with Gasteiger partial charge in [0.15, 0.2) is 0 Å². The van der Waals surface area contributed by atoms with Crippen molar-refractivity contribution in [2.45, 2.75) is 0 Å². The Balaban J connectivity index is -0.000000000333. The van der Waals surface area contributed by atoms with Crippen molar-refractivity contribution in [1.29, 1.82) is 0 Å². The van der Waals surface area contributed by atoms with Gasteiger partial charge in [0.1, 0.15) is 0 Å². The molecule has 0 fully saturated rings. The molecule has 0 unspecified atom stereocenters. The second-order valence-electron chi connectivity index (χ2n) is 0. The average molecular weight is 394 g/mol. The molecule has 0 aliphatic heterocycles. The monoisotopic (exact) mass is 390 g/mol. The topological polar surface area (TPSA) is 0 Å². The summed E-state index contributed by atoms with van der Waals surface area (Å²) in [7, 11) is 0. The van der Waals surface area contributed by atoms with Crippen LogP contribution in [0.1, 0.15) is 0 Å². The summed E-state index contributed by atoms with van der Waals surface area (Å²) in [5.41, 5.74) is 0. The van der Waals surface area contributed by atoms with Crippen molar-refractivity contribution in [3.05, 3.63) is 0 Å². The van der Waals surface area contributed by atoms with Crippen LogP contribution in [0.25, 0.3) is 0 Å².